The highest BCUT2D eigenvalue weighted by atomic mass is 35.5. The van der Waals surface area contributed by atoms with Gasteiger partial charge in [0.05, 0.1) is 11.7 Å². The smallest absolute Gasteiger partial charge is 0.156 e. The fourth-order valence-electron chi connectivity index (χ4n) is 1.87. The highest BCUT2D eigenvalue weighted by Gasteiger charge is 2.22. The van der Waals surface area contributed by atoms with Gasteiger partial charge in [-0.05, 0) is 12.8 Å². The van der Waals surface area contributed by atoms with Crippen molar-refractivity contribution < 1.29 is 9.90 Å². The second-order valence-corrected chi connectivity index (χ2v) is 4.12. The standard InChI is InChI=1S/C10H12ClN3O2/c11-9-8(5-15)10(13-6-12-9)14-3-1-2-7(16)4-14/h5-7,16H,1-4H2. The molecule has 5 nitrogen and oxygen atoms in total. The van der Waals surface area contributed by atoms with Crippen LogP contribution in [0.25, 0.3) is 0 Å². The van der Waals surface area contributed by atoms with E-state index in [1.807, 2.05) is 4.90 Å². The first-order chi connectivity index (χ1) is 7.72. The first-order valence-corrected chi connectivity index (χ1v) is 5.49. The lowest BCUT2D eigenvalue weighted by atomic mass is 10.1. The zero-order valence-corrected chi connectivity index (χ0v) is 9.39. The molecule has 1 saturated heterocycles. The Morgan fingerprint density at radius 1 is 1.56 bits per heavy atom. The molecule has 0 radical (unpaired) electrons. The van der Waals surface area contributed by atoms with Crippen molar-refractivity contribution in [2.24, 2.45) is 0 Å². The second kappa shape index (κ2) is 4.76. The summed E-state index contributed by atoms with van der Waals surface area (Å²) in [6.07, 6.45) is 3.26. The van der Waals surface area contributed by atoms with Gasteiger partial charge in [0.15, 0.2) is 6.29 Å². The van der Waals surface area contributed by atoms with Gasteiger partial charge in [-0.1, -0.05) is 11.6 Å². The number of halogens is 1. The molecule has 1 aromatic heterocycles. The maximum atomic E-state index is 10.9. The van der Waals surface area contributed by atoms with E-state index in [9.17, 15) is 9.90 Å². The number of piperidine rings is 1. The summed E-state index contributed by atoms with van der Waals surface area (Å²) in [5.41, 5.74) is 0.290. The number of hydrogen-bond acceptors (Lipinski definition) is 5. The van der Waals surface area contributed by atoms with Gasteiger partial charge >= 0.3 is 0 Å². The van der Waals surface area contributed by atoms with Crippen LogP contribution >= 0.6 is 11.6 Å². The molecule has 1 fully saturated rings. The summed E-state index contributed by atoms with van der Waals surface area (Å²) >= 11 is 5.81. The summed E-state index contributed by atoms with van der Waals surface area (Å²) < 4.78 is 0. The Balaban J connectivity index is 2.32. The molecule has 2 heterocycles. The SMILES string of the molecule is O=Cc1c(Cl)ncnc1N1CCCC(O)C1. The Hall–Kier alpha value is -1.20. The first kappa shape index (κ1) is 11.3. The predicted molar refractivity (Wildman–Crippen MR) is 59.9 cm³/mol. The Morgan fingerprint density at radius 2 is 2.38 bits per heavy atom. The normalized spacial score (nSPS) is 20.9. The molecule has 1 unspecified atom stereocenters. The topological polar surface area (TPSA) is 66.3 Å². The molecule has 0 bridgehead atoms. The molecule has 1 atom stereocenters. The minimum Gasteiger partial charge on any atom is -0.391 e. The van der Waals surface area contributed by atoms with Crippen LogP contribution in [0.5, 0.6) is 0 Å². The summed E-state index contributed by atoms with van der Waals surface area (Å²) in [6, 6.07) is 0. The van der Waals surface area contributed by atoms with Crippen LogP contribution in [0, 0.1) is 0 Å². The Bertz CT molecular complexity index is 400. The third kappa shape index (κ3) is 2.15. The van der Waals surface area contributed by atoms with Crippen molar-refractivity contribution >= 4 is 23.7 Å². The molecule has 0 spiro atoms. The van der Waals surface area contributed by atoms with Gasteiger partial charge in [-0.2, -0.15) is 0 Å². The largest absolute Gasteiger partial charge is 0.391 e. The number of β-amino-alcohol motifs (C(OH)–C–C–N with tert-alkyl or cyclic N) is 1. The van der Waals surface area contributed by atoms with E-state index in [-0.39, 0.29) is 11.3 Å². The van der Waals surface area contributed by atoms with Gasteiger partial charge < -0.3 is 10.0 Å². The Morgan fingerprint density at radius 3 is 3.06 bits per heavy atom. The molecule has 1 N–H and O–H groups in total. The van der Waals surface area contributed by atoms with Crippen LogP contribution in [-0.2, 0) is 0 Å². The van der Waals surface area contributed by atoms with E-state index in [1.54, 1.807) is 0 Å². The summed E-state index contributed by atoms with van der Waals surface area (Å²) in [5, 5.41) is 9.72. The molecule has 16 heavy (non-hydrogen) atoms. The van der Waals surface area contributed by atoms with Crippen molar-refractivity contribution in [3.8, 4) is 0 Å². The molecule has 0 aromatic carbocycles. The van der Waals surface area contributed by atoms with Gasteiger partial charge in [0.2, 0.25) is 0 Å². The van der Waals surface area contributed by atoms with Crippen LogP contribution in [0.1, 0.15) is 23.2 Å². The first-order valence-electron chi connectivity index (χ1n) is 5.11. The maximum Gasteiger partial charge on any atom is 0.156 e. The quantitative estimate of drug-likeness (QED) is 0.616. The lowest BCUT2D eigenvalue weighted by Crippen LogP contribution is -2.39. The molecule has 1 aromatic rings. The van der Waals surface area contributed by atoms with Crippen molar-refractivity contribution in [1.82, 2.24) is 9.97 Å². The Kier molecular flexibility index (Phi) is 3.36. The minimum atomic E-state index is -0.373. The van der Waals surface area contributed by atoms with E-state index in [0.29, 0.717) is 24.2 Å². The van der Waals surface area contributed by atoms with E-state index in [2.05, 4.69) is 9.97 Å². The summed E-state index contributed by atoms with van der Waals surface area (Å²) in [4.78, 5) is 20.6. The van der Waals surface area contributed by atoms with Crippen molar-refractivity contribution in [3.63, 3.8) is 0 Å². The third-order valence-corrected chi connectivity index (χ3v) is 2.93. The van der Waals surface area contributed by atoms with Gasteiger partial charge in [0, 0.05) is 13.1 Å². The molecule has 1 aliphatic heterocycles. The van der Waals surface area contributed by atoms with Crippen LogP contribution < -0.4 is 4.90 Å². The van der Waals surface area contributed by atoms with Crippen LogP contribution in [0.4, 0.5) is 5.82 Å². The maximum absolute atomic E-state index is 10.9. The lowest BCUT2D eigenvalue weighted by molar-refractivity contribution is 0.112. The zero-order chi connectivity index (χ0) is 11.5. The number of aromatic nitrogens is 2. The van der Waals surface area contributed by atoms with E-state index in [4.69, 9.17) is 11.6 Å². The highest BCUT2D eigenvalue weighted by Crippen LogP contribution is 2.24. The van der Waals surface area contributed by atoms with Gasteiger partial charge in [-0.25, -0.2) is 9.97 Å². The highest BCUT2D eigenvalue weighted by molar-refractivity contribution is 6.32. The van der Waals surface area contributed by atoms with Gasteiger partial charge in [-0.15, -0.1) is 0 Å². The van der Waals surface area contributed by atoms with Gasteiger partial charge in [0.25, 0.3) is 0 Å². The van der Waals surface area contributed by atoms with Crippen molar-refractivity contribution in [2.45, 2.75) is 18.9 Å². The zero-order valence-electron chi connectivity index (χ0n) is 8.64. The number of aliphatic hydroxyl groups excluding tert-OH is 1. The molecular weight excluding hydrogens is 230 g/mol. The third-order valence-electron chi connectivity index (χ3n) is 2.63. The molecule has 0 saturated carbocycles. The molecule has 86 valence electrons. The summed E-state index contributed by atoms with van der Waals surface area (Å²) in [5.74, 6) is 0.508. The number of hydrogen-bond donors (Lipinski definition) is 1. The number of carbonyl (C=O) groups is 1. The molecule has 0 aliphatic carbocycles. The van der Waals surface area contributed by atoms with Crippen LogP contribution in [0.2, 0.25) is 5.15 Å². The van der Waals surface area contributed by atoms with Crippen molar-refractivity contribution in [1.29, 1.82) is 0 Å². The van der Waals surface area contributed by atoms with E-state index >= 15 is 0 Å². The monoisotopic (exact) mass is 241 g/mol. The minimum absolute atomic E-state index is 0.153. The molecule has 6 heteroatoms. The average molecular weight is 242 g/mol. The molecular formula is C10H12ClN3O2. The number of aldehydes is 1. The summed E-state index contributed by atoms with van der Waals surface area (Å²) in [7, 11) is 0. The number of rotatable bonds is 2. The van der Waals surface area contributed by atoms with Crippen molar-refractivity contribution in [3.05, 3.63) is 17.0 Å². The predicted octanol–water partition coefficient (Wildman–Crippen LogP) is 0.904. The molecule has 0 amide bonds. The van der Waals surface area contributed by atoms with Crippen LogP contribution in [0.15, 0.2) is 6.33 Å². The van der Waals surface area contributed by atoms with E-state index in [0.717, 1.165) is 19.4 Å². The number of carbonyl (C=O) groups excluding carboxylic acids is 1. The van der Waals surface area contributed by atoms with Crippen LogP contribution in [0.3, 0.4) is 0 Å². The number of anilines is 1. The fraction of sp³-hybridized carbons (Fsp3) is 0.500. The van der Waals surface area contributed by atoms with E-state index < -0.39 is 0 Å². The van der Waals surface area contributed by atoms with Gasteiger partial charge in [-0.3, -0.25) is 4.79 Å². The molecule has 1 aliphatic rings. The van der Waals surface area contributed by atoms with Crippen molar-refractivity contribution in [2.75, 3.05) is 18.0 Å². The number of aliphatic hydroxyl groups is 1. The average Bonchev–Trinajstić information content (AvgIpc) is 2.28. The van der Waals surface area contributed by atoms with E-state index in [1.165, 1.54) is 6.33 Å². The summed E-state index contributed by atoms with van der Waals surface area (Å²) in [6.45, 7) is 1.25. The molecule has 2 rings (SSSR count). The number of nitrogens with zero attached hydrogens (tertiary/aromatic N) is 3. The lowest BCUT2D eigenvalue weighted by Gasteiger charge is -2.31. The second-order valence-electron chi connectivity index (χ2n) is 3.76. The van der Waals surface area contributed by atoms with Crippen LogP contribution in [-0.4, -0.2) is 40.6 Å². The fourth-order valence-corrected chi connectivity index (χ4v) is 2.04. The Labute approximate surface area is 98.1 Å². The van der Waals surface area contributed by atoms with Gasteiger partial charge in [0.1, 0.15) is 17.3 Å².